The molecular weight excluding hydrogens is 358 g/mol. The van der Waals surface area contributed by atoms with Crippen LogP contribution in [0.5, 0.6) is 0 Å². The van der Waals surface area contributed by atoms with Gasteiger partial charge in [-0.05, 0) is 38.0 Å². The van der Waals surface area contributed by atoms with Crippen molar-refractivity contribution in [1.82, 2.24) is 9.55 Å². The van der Waals surface area contributed by atoms with E-state index in [2.05, 4.69) is 10.3 Å². The van der Waals surface area contributed by atoms with Crippen molar-refractivity contribution >= 4 is 35.0 Å². The van der Waals surface area contributed by atoms with Crippen LogP contribution in [0.4, 0.5) is 5.69 Å². The summed E-state index contributed by atoms with van der Waals surface area (Å²) < 4.78 is 1.68. The lowest BCUT2D eigenvalue weighted by molar-refractivity contribution is -0.116. The number of nitrogens with one attached hydrogen (secondary N) is 1. The molecular formula is C18H20ClN3O2S. The molecule has 2 heterocycles. The number of rotatable bonds is 4. The van der Waals surface area contributed by atoms with Gasteiger partial charge in [0, 0.05) is 34.1 Å². The molecule has 0 saturated carbocycles. The zero-order chi connectivity index (χ0) is 18.1. The predicted octanol–water partition coefficient (Wildman–Crippen LogP) is 3.75. The summed E-state index contributed by atoms with van der Waals surface area (Å²) in [6, 6.07) is 5.21. The number of benzene rings is 1. The van der Waals surface area contributed by atoms with E-state index in [-0.39, 0.29) is 23.9 Å². The number of halogens is 1. The number of amides is 1. The summed E-state index contributed by atoms with van der Waals surface area (Å²) in [5.41, 5.74) is 3.13. The fraction of sp³-hybridized carbons (Fsp3) is 0.389. The second kappa shape index (κ2) is 7.22. The van der Waals surface area contributed by atoms with Crippen molar-refractivity contribution in [1.29, 1.82) is 0 Å². The molecule has 1 aliphatic heterocycles. The molecule has 3 rings (SSSR count). The fourth-order valence-electron chi connectivity index (χ4n) is 3.02. The van der Waals surface area contributed by atoms with Crippen LogP contribution in [0.15, 0.2) is 28.2 Å². The molecule has 1 unspecified atom stereocenters. The minimum atomic E-state index is -0.176. The molecule has 25 heavy (non-hydrogen) atoms. The molecule has 0 fully saturated rings. The Hall–Kier alpha value is -1.79. The van der Waals surface area contributed by atoms with Gasteiger partial charge in [0.05, 0.1) is 6.04 Å². The molecule has 2 aromatic rings. The summed E-state index contributed by atoms with van der Waals surface area (Å²) in [7, 11) is 0. The Bertz CT molecular complexity index is 895. The molecule has 1 aromatic carbocycles. The molecule has 1 amide bonds. The lowest BCUT2D eigenvalue weighted by atomic mass is 10.1. The quantitative estimate of drug-likeness (QED) is 0.824. The minimum absolute atomic E-state index is 0.0215. The van der Waals surface area contributed by atoms with Gasteiger partial charge >= 0.3 is 0 Å². The smallest absolute Gasteiger partial charge is 0.257 e. The molecule has 1 aliphatic rings. The van der Waals surface area contributed by atoms with Gasteiger partial charge in [-0.3, -0.25) is 14.2 Å². The fourth-order valence-corrected chi connectivity index (χ4v) is 4.38. The van der Waals surface area contributed by atoms with Gasteiger partial charge in [-0.1, -0.05) is 36.4 Å². The van der Waals surface area contributed by atoms with Gasteiger partial charge < -0.3 is 5.32 Å². The number of carbonyl (C=O) groups excluding carboxylic acids is 1. The molecule has 1 atom stereocenters. The van der Waals surface area contributed by atoms with Gasteiger partial charge in [0.1, 0.15) is 0 Å². The van der Waals surface area contributed by atoms with Gasteiger partial charge in [-0.25, -0.2) is 4.98 Å². The molecule has 132 valence electrons. The Morgan fingerprint density at radius 1 is 1.44 bits per heavy atom. The topological polar surface area (TPSA) is 64.0 Å². The van der Waals surface area contributed by atoms with Crippen molar-refractivity contribution in [3.05, 3.63) is 50.4 Å². The molecule has 0 saturated heterocycles. The van der Waals surface area contributed by atoms with Crippen LogP contribution in [0.3, 0.4) is 0 Å². The maximum Gasteiger partial charge on any atom is 0.257 e. The van der Waals surface area contributed by atoms with Gasteiger partial charge in [0.15, 0.2) is 5.16 Å². The molecule has 0 radical (unpaired) electrons. The summed E-state index contributed by atoms with van der Waals surface area (Å²) in [6.07, 6.45) is 0.878. The van der Waals surface area contributed by atoms with Crippen molar-refractivity contribution in [3.8, 4) is 0 Å². The van der Waals surface area contributed by atoms with Crippen molar-refractivity contribution in [2.75, 3.05) is 11.1 Å². The highest BCUT2D eigenvalue weighted by molar-refractivity contribution is 7.99. The number of thioether (sulfide) groups is 1. The van der Waals surface area contributed by atoms with Crippen molar-refractivity contribution in [2.45, 2.75) is 44.8 Å². The minimum Gasteiger partial charge on any atom is -0.326 e. The first-order valence-electron chi connectivity index (χ1n) is 8.21. The van der Waals surface area contributed by atoms with Crippen LogP contribution in [-0.4, -0.2) is 21.2 Å². The highest BCUT2D eigenvalue weighted by Gasteiger charge is 2.29. The largest absolute Gasteiger partial charge is 0.326 e. The third-order valence-corrected chi connectivity index (χ3v) is 5.73. The Morgan fingerprint density at radius 3 is 2.92 bits per heavy atom. The van der Waals surface area contributed by atoms with Gasteiger partial charge in [0.25, 0.3) is 5.56 Å². The zero-order valence-electron chi connectivity index (χ0n) is 14.4. The zero-order valence-corrected chi connectivity index (χ0v) is 16.0. The number of anilines is 1. The van der Waals surface area contributed by atoms with Gasteiger partial charge in [-0.15, -0.1) is 0 Å². The van der Waals surface area contributed by atoms with E-state index < -0.39 is 0 Å². The third-order valence-electron chi connectivity index (χ3n) is 4.40. The van der Waals surface area contributed by atoms with Gasteiger partial charge in [-0.2, -0.15) is 0 Å². The number of hydrogen-bond acceptors (Lipinski definition) is 4. The summed E-state index contributed by atoms with van der Waals surface area (Å²) in [5, 5.41) is 4.18. The monoisotopic (exact) mass is 377 g/mol. The Labute approximate surface area is 155 Å². The van der Waals surface area contributed by atoms with Crippen LogP contribution in [-0.2, 0) is 11.2 Å². The molecule has 0 aliphatic carbocycles. The number of aromatic nitrogens is 2. The van der Waals surface area contributed by atoms with Crippen molar-refractivity contribution in [2.24, 2.45) is 0 Å². The SMILES string of the molecule is CCc1c(C)nc2n(c1=O)C(CC(=O)Nc1cc(Cl)ccc1C)CS2. The second-order valence-electron chi connectivity index (χ2n) is 6.16. The summed E-state index contributed by atoms with van der Waals surface area (Å²) >= 11 is 7.53. The summed E-state index contributed by atoms with van der Waals surface area (Å²) in [4.78, 5) is 29.7. The standard InChI is InChI=1S/C18H20ClN3O2S/c1-4-14-11(3)20-18-22(17(14)24)13(9-25-18)8-16(23)21-15-7-12(19)6-5-10(15)2/h5-7,13H,4,8-9H2,1-3H3,(H,21,23). The van der Waals surface area contributed by atoms with E-state index in [9.17, 15) is 9.59 Å². The lowest BCUT2D eigenvalue weighted by Crippen LogP contribution is -2.30. The highest BCUT2D eigenvalue weighted by Crippen LogP contribution is 2.33. The van der Waals surface area contributed by atoms with E-state index in [1.54, 1.807) is 16.7 Å². The maximum absolute atomic E-state index is 12.7. The average Bonchev–Trinajstić information content (AvgIpc) is 2.94. The molecule has 0 spiro atoms. The lowest BCUT2D eigenvalue weighted by Gasteiger charge is -2.15. The van der Waals surface area contributed by atoms with E-state index in [4.69, 9.17) is 11.6 Å². The normalized spacial score (nSPS) is 15.9. The molecule has 7 heteroatoms. The van der Waals surface area contributed by atoms with E-state index in [1.165, 1.54) is 11.8 Å². The van der Waals surface area contributed by atoms with Crippen LogP contribution in [0.25, 0.3) is 0 Å². The summed E-state index contributed by atoms with van der Waals surface area (Å²) in [6.45, 7) is 5.73. The number of hydrogen-bond donors (Lipinski definition) is 1. The third kappa shape index (κ3) is 3.60. The average molecular weight is 378 g/mol. The number of fused-ring (bicyclic) bond motifs is 1. The van der Waals surface area contributed by atoms with Crippen molar-refractivity contribution in [3.63, 3.8) is 0 Å². The Balaban J connectivity index is 1.81. The van der Waals surface area contributed by atoms with Gasteiger partial charge in [0.2, 0.25) is 5.91 Å². The van der Waals surface area contributed by atoms with Crippen LogP contribution >= 0.6 is 23.4 Å². The predicted molar refractivity (Wildman–Crippen MR) is 102 cm³/mol. The maximum atomic E-state index is 12.7. The van der Waals surface area contributed by atoms with Crippen LogP contribution < -0.4 is 10.9 Å². The Kier molecular flexibility index (Phi) is 5.20. The van der Waals surface area contributed by atoms with Crippen LogP contribution in [0, 0.1) is 13.8 Å². The first-order chi connectivity index (χ1) is 11.9. The second-order valence-corrected chi connectivity index (χ2v) is 7.59. The first-order valence-corrected chi connectivity index (χ1v) is 9.57. The molecule has 0 bridgehead atoms. The molecule has 1 aromatic heterocycles. The molecule has 5 nitrogen and oxygen atoms in total. The van der Waals surface area contributed by atoms with E-state index >= 15 is 0 Å². The van der Waals surface area contributed by atoms with Crippen molar-refractivity contribution < 1.29 is 4.79 Å². The molecule has 1 N–H and O–H groups in total. The first kappa shape index (κ1) is 18.0. The van der Waals surface area contributed by atoms with E-state index in [0.29, 0.717) is 28.0 Å². The van der Waals surface area contributed by atoms with Crippen LogP contribution in [0.2, 0.25) is 5.02 Å². The number of nitrogens with zero attached hydrogens (tertiary/aromatic N) is 2. The van der Waals surface area contributed by atoms with E-state index in [1.807, 2.05) is 26.8 Å². The number of aryl methyl sites for hydroxylation is 2. The Morgan fingerprint density at radius 2 is 2.20 bits per heavy atom. The number of carbonyl (C=O) groups is 1. The summed E-state index contributed by atoms with van der Waals surface area (Å²) in [5.74, 6) is 0.547. The van der Waals surface area contributed by atoms with Crippen LogP contribution in [0.1, 0.15) is 36.2 Å². The van der Waals surface area contributed by atoms with E-state index in [0.717, 1.165) is 16.8 Å². The highest BCUT2D eigenvalue weighted by atomic mass is 35.5.